The zero-order valence-electron chi connectivity index (χ0n) is 12.6. The van der Waals surface area contributed by atoms with Crippen molar-refractivity contribution in [2.24, 2.45) is 0 Å². The normalized spacial score (nSPS) is 10.5. The van der Waals surface area contributed by atoms with Crippen LogP contribution in [0.5, 0.6) is 0 Å². The Bertz CT molecular complexity index is 748. The van der Waals surface area contributed by atoms with Crippen molar-refractivity contribution in [3.05, 3.63) is 59.4 Å². The molecule has 0 atom stereocenters. The number of hydrogen-bond acceptors (Lipinski definition) is 3. The number of anilines is 1. The molecule has 120 valence electrons. The standard InChI is InChI=1S/C16H15F2N3O2/c1-9(2)20-16(23)14-7-10(5-6-19-14)15(22)21-11-3-4-12(17)13(18)8-11/h3-9H,1-2H3,(H,20,23)(H,21,22). The van der Waals surface area contributed by atoms with Gasteiger partial charge in [0.2, 0.25) is 0 Å². The summed E-state index contributed by atoms with van der Waals surface area (Å²) in [6.45, 7) is 3.61. The van der Waals surface area contributed by atoms with Crippen molar-refractivity contribution in [2.75, 3.05) is 5.32 Å². The Kier molecular flexibility index (Phi) is 5.00. The van der Waals surface area contributed by atoms with Gasteiger partial charge in [0, 0.05) is 29.6 Å². The topological polar surface area (TPSA) is 71.1 Å². The fourth-order valence-electron chi connectivity index (χ4n) is 1.81. The third-order valence-corrected chi connectivity index (χ3v) is 2.85. The summed E-state index contributed by atoms with van der Waals surface area (Å²) in [5, 5.41) is 5.09. The maximum atomic E-state index is 13.1. The van der Waals surface area contributed by atoms with E-state index >= 15 is 0 Å². The number of aromatic nitrogens is 1. The van der Waals surface area contributed by atoms with E-state index in [1.807, 2.05) is 0 Å². The first kappa shape index (κ1) is 16.5. The molecule has 0 aliphatic heterocycles. The zero-order chi connectivity index (χ0) is 17.0. The molecule has 1 aromatic carbocycles. The fraction of sp³-hybridized carbons (Fsp3) is 0.188. The Morgan fingerprint density at radius 3 is 2.43 bits per heavy atom. The van der Waals surface area contributed by atoms with Gasteiger partial charge in [-0.1, -0.05) is 0 Å². The van der Waals surface area contributed by atoms with Crippen LogP contribution in [0.2, 0.25) is 0 Å². The summed E-state index contributed by atoms with van der Waals surface area (Å²) < 4.78 is 26.0. The molecule has 1 aromatic heterocycles. The molecule has 2 amide bonds. The van der Waals surface area contributed by atoms with Gasteiger partial charge < -0.3 is 10.6 Å². The fourth-order valence-corrected chi connectivity index (χ4v) is 1.81. The Morgan fingerprint density at radius 2 is 1.78 bits per heavy atom. The number of nitrogens with one attached hydrogen (secondary N) is 2. The lowest BCUT2D eigenvalue weighted by molar-refractivity contribution is 0.0938. The lowest BCUT2D eigenvalue weighted by Gasteiger charge is -2.09. The van der Waals surface area contributed by atoms with E-state index in [1.165, 1.54) is 24.4 Å². The lowest BCUT2D eigenvalue weighted by atomic mass is 10.2. The third-order valence-electron chi connectivity index (χ3n) is 2.85. The van der Waals surface area contributed by atoms with E-state index in [2.05, 4.69) is 15.6 Å². The molecule has 0 aliphatic rings. The summed E-state index contributed by atoms with van der Waals surface area (Å²) in [5.74, 6) is -3.02. The Hall–Kier alpha value is -2.83. The molecule has 0 radical (unpaired) electrons. The van der Waals surface area contributed by atoms with Crippen LogP contribution in [0.15, 0.2) is 36.5 Å². The molecule has 0 spiro atoms. The van der Waals surface area contributed by atoms with Gasteiger partial charge in [0.25, 0.3) is 11.8 Å². The van der Waals surface area contributed by atoms with E-state index in [0.29, 0.717) is 0 Å². The predicted octanol–water partition coefficient (Wildman–Crippen LogP) is 2.75. The van der Waals surface area contributed by atoms with Gasteiger partial charge in [-0.25, -0.2) is 8.78 Å². The van der Waals surface area contributed by atoms with Crippen molar-refractivity contribution in [1.82, 2.24) is 10.3 Å². The molecule has 0 saturated heterocycles. The van der Waals surface area contributed by atoms with Crippen molar-refractivity contribution < 1.29 is 18.4 Å². The predicted molar refractivity (Wildman–Crippen MR) is 81.2 cm³/mol. The highest BCUT2D eigenvalue weighted by Crippen LogP contribution is 2.14. The molecular weight excluding hydrogens is 304 g/mol. The van der Waals surface area contributed by atoms with Gasteiger partial charge in [0.05, 0.1) is 0 Å². The maximum absolute atomic E-state index is 13.1. The molecular formula is C16H15F2N3O2. The first-order chi connectivity index (χ1) is 10.9. The van der Waals surface area contributed by atoms with Crippen LogP contribution in [-0.4, -0.2) is 22.8 Å². The number of rotatable bonds is 4. The number of amides is 2. The van der Waals surface area contributed by atoms with Crippen LogP contribution in [0, 0.1) is 11.6 Å². The summed E-state index contributed by atoms with van der Waals surface area (Å²) in [6.07, 6.45) is 1.33. The molecule has 2 rings (SSSR count). The smallest absolute Gasteiger partial charge is 0.270 e. The van der Waals surface area contributed by atoms with E-state index in [-0.39, 0.29) is 23.0 Å². The zero-order valence-corrected chi connectivity index (χ0v) is 12.6. The van der Waals surface area contributed by atoms with Gasteiger partial charge in [-0.15, -0.1) is 0 Å². The average molecular weight is 319 g/mol. The number of halogens is 2. The highest BCUT2D eigenvalue weighted by molar-refractivity contribution is 6.05. The molecule has 0 bridgehead atoms. The number of carbonyl (C=O) groups excluding carboxylic acids is 2. The Balaban J connectivity index is 2.16. The molecule has 2 aromatic rings. The van der Waals surface area contributed by atoms with Crippen LogP contribution in [-0.2, 0) is 0 Å². The number of pyridine rings is 1. The highest BCUT2D eigenvalue weighted by atomic mass is 19.2. The van der Waals surface area contributed by atoms with E-state index in [9.17, 15) is 18.4 Å². The van der Waals surface area contributed by atoms with Crippen LogP contribution in [0.3, 0.4) is 0 Å². The van der Waals surface area contributed by atoms with Crippen molar-refractivity contribution in [2.45, 2.75) is 19.9 Å². The van der Waals surface area contributed by atoms with Gasteiger partial charge in [0.1, 0.15) is 5.69 Å². The number of carbonyl (C=O) groups is 2. The van der Waals surface area contributed by atoms with Gasteiger partial charge in [-0.05, 0) is 38.1 Å². The summed E-state index contributed by atoms with van der Waals surface area (Å²) >= 11 is 0. The molecule has 0 fully saturated rings. The quantitative estimate of drug-likeness (QED) is 0.910. The van der Waals surface area contributed by atoms with Gasteiger partial charge >= 0.3 is 0 Å². The molecule has 7 heteroatoms. The molecule has 0 aliphatic carbocycles. The van der Waals surface area contributed by atoms with Crippen LogP contribution in [0.4, 0.5) is 14.5 Å². The van der Waals surface area contributed by atoms with Crippen LogP contribution in [0.1, 0.15) is 34.7 Å². The minimum absolute atomic E-state index is 0.0658. The third kappa shape index (κ3) is 4.32. The number of nitrogens with zero attached hydrogens (tertiary/aromatic N) is 1. The maximum Gasteiger partial charge on any atom is 0.270 e. The first-order valence-corrected chi connectivity index (χ1v) is 6.90. The van der Waals surface area contributed by atoms with Crippen molar-refractivity contribution in [3.63, 3.8) is 0 Å². The van der Waals surface area contributed by atoms with Gasteiger partial charge in [0.15, 0.2) is 11.6 Å². The van der Waals surface area contributed by atoms with E-state index in [4.69, 9.17) is 0 Å². The summed E-state index contributed by atoms with van der Waals surface area (Å²) in [7, 11) is 0. The van der Waals surface area contributed by atoms with Gasteiger partial charge in [-0.2, -0.15) is 0 Å². The van der Waals surface area contributed by atoms with Crippen LogP contribution >= 0.6 is 0 Å². The highest BCUT2D eigenvalue weighted by Gasteiger charge is 2.13. The molecule has 0 saturated carbocycles. The second-order valence-electron chi connectivity index (χ2n) is 5.14. The molecule has 2 N–H and O–H groups in total. The SMILES string of the molecule is CC(C)NC(=O)c1cc(C(=O)Nc2ccc(F)c(F)c2)ccn1. The lowest BCUT2D eigenvalue weighted by Crippen LogP contribution is -2.31. The van der Waals surface area contributed by atoms with E-state index < -0.39 is 23.4 Å². The van der Waals surface area contributed by atoms with Crippen LogP contribution < -0.4 is 10.6 Å². The van der Waals surface area contributed by atoms with Crippen LogP contribution in [0.25, 0.3) is 0 Å². The summed E-state index contributed by atoms with van der Waals surface area (Å²) in [5.41, 5.74) is 0.383. The monoisotopic (exact) mass is 319 g/mol. The Labute approximate surface area is 131 Å². The van der Waals surface area contributed by atoms with Crippen molar-refractivity contribution >= 4 is 17.5 Å². The molecule has 23 heavy (non-hydrogen) atoms. The summed E-state index contributed by atoms with van der Waals surface area (Å²) in [6, 6.07) is 5.71. The second-order valence-corrected chi connectivity index (χ2v) is 5.14. The van der Waals surface area contributed by atoms with E-state index in [0.717, 1.165) is 12.1 Å². The number of benzene rings is 1. The molecule has 1 heterocycles. The van der Waals surface area contributed by atoms with E-state index in [1.54, 1.807) is 13.8 Å². The summed E-state index contributed by atoms with van der Waals surface area (Å²) in [4.78, 5) is 27.9. The van der Waals surface area contributed by atoms with Crippen molar-refractivity contribution in [3.8, 4) is 0 Å². The minimum atomic E-state index is -1.06. The number of hydrogen-bond donors (Lipinski definition) is 2. The minimum Gasteiger partial charge on any atom is -0.349 e. The first-order valence-electron chi connectivity index (χ1n) is 6.90. The van der Waals surface area contributed by atoms with Crippen molar-refractivity contribution in [1.29, 1.82) is 0 Å². The molecule has 0 unspecified atom stereocenters. The molecule has 5 nitrogen and oxygen atoms in total. The Morgan fingerprint density at radius 1 is 1.04 bits per heavy atom. The van der Waals surface area contributed by atoms with Gasteiger partial charge in [-0.3, -0.25) is 14.6 Å². The largest absolute Gasteiger partial charge is 0.349 e. The average Bonchev–Trinajstić information content (AvgIpc) is 2.50. The second kappa shape index (κ2) is 6.95.